The first-order chi connectivity index (χ1) is 7.63. The average molecular weight is 368 g/mol. The molecule has 17 heavy (non-hydrogen) atoms. The maximum Gasteiger partial charge on any atom is 0.189 e. The van der Waals surface area contributed by atoms with E-state index in [1.807, 2.05) is 0 Å². The van der Waals surface area contributed by atoms with Crippen molar-refractivity contribution in [2.75, 3.05) is 6.54 Å². The van der Waals surface area contributed by atoms with Gasteiger partial charge in [-0.3, -0.25) is 0 Å². The van der Waals surface area contributed by atoms with Crippen LogP contribution in [-0.2, 0) is 6.54 Å². The quantitative estimate of drug-likeness (QED) is 0.477. The minimum Gasteiger partial charge on any atom is -0.370 e. The van der Waals surface area contributed by atoms with Crippen LogP contribution < -0.4 is 11.1 Å². The lowest BCUT2D eigenvalue weighted by Gasteiger charge is -2.02. The fourth-order valence-electron chi connectivity index (χ4n) is 1.12. The number of nitrogens with one attached hydrogen (secondary N) is 1. The standard InChI is InChI=1S/C11H20N4S.HI/c1-4-5-13-11(12)14-6-10-15-9(7-16-10)8(2)3;/h7-8H,4-6H2,1-3H3,(H3,12,13,14);1H. The van der Waals surface area contributed by atoms with Gasteiger partial charge in [-0.1, -0.05) is 20.8 Å². The summed E-state index contributed by atoms with van der Waals surface area (Å²) in [6.07, 6.45) is 1.05. The number of nitrogens with zero attached hydrogens (tertiary/aromatic N) is 2. The molecule has 1 aromatic heterocycles. The van der Waals surface area contributed by atoms with E-state index in [9.17, 15) is 0 Å². The van der Waals surface area contributed by atoms with Crippen LogP contribution in [0.3, 0.4) is 0 Å². The summed E-state index contributed by atoms with van der Waals surface area (Å²) in [7, 11) is 0. The van der Waals surface area contributed by atoms with Crippen LogP contribution in [-0.4, -0.2) is 17.5 Å². The number of nitrogens with two attached hydrogens (primary N) is 1. The molecule has 0 amide bonds. The van der Waals surface area contributed by atoms with Crippen molar-refractivity contribution < 1.29 is 0 Å². The van der Waals surface area contributed by atoms with E-state index < -0.39 is 0 Å². The molecule has 0 aromatic carbocycles. The summed E-state index contributed by atoms with van der Waals surface area (Å²) in [5, 5.41) is 6.14. The molecule has 0 saturated heterocycles. The van der Waals surface area contributed by atoms with Gasteiger partial charge in [-0.15, -0.1) is 35.3 Å². The molecule has 0 radical (unpaired) electrons. The Bertz CT molecular complexity index is 349. The number of hydrogen-bond donors (Lipinski definition) is 2. The SMILES string of the molecule is CCCNC(N)=NCc1nc(C(C)C)cs1.I. The molecule has 0 unspecified atom stereocenters. The Hall–Kier alpha value is -0.370. The van der Waals surface area contributed by atoms with Gasteiger partial charge >= 0.3 is 0 Å². The Morgan fingerprint density at radius 1 is 1.59 bits per heavy atom. The highest BCUT2D eigenvalue weighted by molar-refractivity contribution is 14.0. The zero-order chi connectivity index (χ0) is 12.0. The third kappa shape index (κ3) is 6.21. The average Bonchev–Trinajstić information content (AvgIpc) is 2.72. The molecule has 0 atom stereocenters. The van der Waals surface area contributed by atoms with Crippen molar-refractivity contribution in [2.45, 2.75) is 39.7 Å². The molecular weight excluding hydrogens is 347 g/mol. The van der Waals surface area contributed by atoms with Crippen LogP contribution in [0.25, 0.3) is 0 Å². The number of rotatable bonds is 5. The van der Waals surface area contributed by atoms with Gasteiger partial charge in [0.2, 0.25) is 0 Å². The number of guanidine groups is 1. The summed E-state index contributed by atoms with van der Waals surface area (Å²) in [4.78, 5) is 8.73. The van der Waals surface area contributed by atoms with Gasteiger partial charge in [0.15, 0.2) is 5.96 Å². The minimum absolute atomic E-state index is 0. The Labute approximate surface area is 124 Å². The summed E-state index contributed by atoms with van der Waals surface area (Å²) in [6.45, 7) is 7.80. The summed E-state index contributed by atoms with van der Waals surface area (Å²) in [5.41, 5.74) is 6.82. The molecule has 0 fully saturated rings. The van der Waals surface area contributed by atoms with Crippen molar-refractivity contribution in [1.82, 2.24) is 10.3 Å². The largest absolute Gasteiger partial charge is 0.370 e. The Balaban J connectivity index is 0.00000256. The zero-order valence-electron chi connectivity index (χ0n) is 10.6. The van der Waals surface area contributed by atoms with Gasteiger partial charge < -0.3 is 11.1 Å². The minimum atomic E-state index is 0. The first kappa shape index (κ1) is 16.6. The number of aromatic nitrogens is 1. The molecule has 1 rings (SSSR count). The predicted molar refractivity (Wildman–Crippen MR) is 85.2 cm³/mol. The van der Waals surface area contributed by atoms with Crippen molar-refractivity contribution in [3.05, 3.63) is 16.1 Å². The van der Waals surface area contributed by atoms with Gasteiger partial charge in [-0.2, -0.15) is 0 Å². The van der Waals surface area contributed by atoms with Gasteiger partial charge in [-0.25, -0.2) is 9.98 Å². The lowest BCUT2D eigenvalue weighted by molar-refractivity contribution is 0.812. The molecule has 0 spiro atoms. The van der Waals surface area contributed by atoms with Crippen LogP contribution in [0.2, 0.25) is 0 Å². The van der Waals surface area contributed by atoms with E-state index in [1.54, 1.807) is 11.3 Å². The molecular formula is C11H21IN4S. The van der Waals surface area contributed by atoms with E-state index in [0.717, 1.165) is 23.7 Å². The van der Waals surface area contributed by atoms with Crippen LogP contribution >= 0.6 is 35.3 Å². The number of halogens is 1. The maximum atomic E-state index is 5.69. The summed E-state index contributed by atoms with van der Waals surface area (Å²) in [5.74, 6) is 0.979. The van der Waals surface area contributed by atoms with Crippen molar-refractivity contribution >= 4 is 41.3 Å². The van der Waals surface area contributed by atoms with E-state index in [-0.39, 0.29) is 24.0 Å². The van der Waals surface area contributed by atoms with Crippen LogP contribution in [0.1, 0.15) is 43.8 Å². The Morgan fingerprint density at radius 2 is 2.29 bits per heavy atom. The molecule has 0 aliphatic carbocycles. The third-order valence-electron chi connectivity index (χ3n) is 2.10. The molecule has 3 N–H and O–H groups in total. The van der Waals surface area contributed by atoms with Crippen molar-refractivity contribution in [3.8, 4) is 0 Å². The lowest BCUT2D eigenvalue weighted by Crippen LogP contribution is -2.32. The second kappa shape index (κ2) is 8.68. The van der Waals surface area contributed by atoms with E-state index >= 15 is 0 Å². The number of hydrogen-bond acceptors (Lipinski definition) is 3. The summed E-state index contributed by atoms with van der Waals surface area (Å²) < 4.78 is 0. The van der Waals surface area contributed by atoms with Gasteiger partial charge in [-0.05, 0) is 12.3 Å². The fraction of sp³-hybridized carbons (Fsp3) is 0.636. The first-order valence-electron chi connectivity index (χ1n) is 5.61. The maximum absolute atomic E-state index is 5.69. The fourth-order valence-corrected chi connectivity index (χ4v) is 2.00. The highest BCUT2D eigenvalue weighted by atomic mass is 127. The third-order valence-corrected chi connectivity index (χ3v) is 2.95. The Morgan fingerprint density at radius 3 is 2.82 bits per heavy atom. The van der Waals surface area contributed by atoms with E-state index in [1.165, 1.54) is 0 Å². The van der Waals surface area contributed by atoms with Crippen LogP contribution in [0.5, 0.6) is 0 Å². The highest BCUT2D eigenvalue weighted by Gasteiger charge is 2.04. The van der Waals surface area contributed by atoms with Crippen molar-refractivity contribution in [3.63, 3.8) is 0 Å². The monoisotopic (exact) mass is 368 g/mol. The molecule has 4 nitrogen and oxygen atoms in total. The second-order valence-electron chi connectivity index (χ2n) is 3.95. The molecule has 0 bridgehead atoms. The molecule has 6 heteroatoms. The van der Waals surface area contributed by atoms with Crippen molar-refractivity contribution in [2.24, 2.45) is 10.7 Å². The van der Waals surface area contributed by atoms with Crippen LogP contribution in [0.15, 0.2) is 10.4 Å². The predicted octanol–water partition coefficient (Wildman–Crippen LogP) is 2.70. The molecule has 0 aliphatic heterocycles. The normalized spacial score (nSPS) is 11.4. The van der Waals surface area contributed by atoms with E-state index in [2.05, 4.69) is 41.4 Å². The second-order valence-corrected chi connectivity index (χ2v) is 4.89. The van der Waals surface area contributed by atoms with Gasteiger partial charge in [0.25, 0.3) is 0 Å². The Kier molecular flexibility index (Phi) is 8.49. The van der Waals surface area contributed by atoms with Gasteiger partial charge in [0, 0.05) is 11.9 Å². The summed E-state index contributed by atoms with van der Waals surface area (Å²) >= 11 is 1.64. The zero-order valence-corrected chi connectivity index (χ0v) is 13.7. The lowest BCUT2D eigenvalue weighted by atomic mass is 10.2. The molecule has 0 saturated carbocycles. The van der Waals surface area contributed by atoms with E-state index in [4.69, 9.17) is 5.73 Å². The smallest absolute Gasteiger partial charge is 0.189 e. The molecule has 0 aliphatic rings. The van der Waals surface area contributed by atoms with Gasteiger partial charge in [0.1, 0.15) is 5.01 Å². The van der Waals surface area contributed by atoms with E-state index in [0.29, 0.717) is 18.4 Å². The van der Waals surface area contributed by atoms with Crippen LogP contribution in [0.4, 0.5) is 0 Å². The number of aliphatic imine (C=N–C) groups is 1. The van der Waals surface area contributed by atoms with Gasteiger partial charge in [0.05, 0.1) is 12.2 Å². The van der Waals surface area contributed by atoms with Crippen LogP contribution in [0, 0.1) is 0 Å². The molecule has 1 heterocycles. The topological polar surface area (TPSA) is 63.3 Å². The molecule has 1 aromatic rings. The number of thiazole rings is 1. The summed E-state index contributed by atoms with van der Waals surface area (Å²) in [6, 6.07) is 0. The van der Waals surface area contributed by atoms with Crippen molar-refractivity contribution in [1.29, 1.82) is 0 Å². The first-order valence-corrected chi connectivity index (χ1v) is 6.49. The molecule has 98 valence electrons. The highest BCUT2D eigenvalue weighted by Crippen LogP contribution is 2.18.